The zero-order chi connectivity index (χ0) is 23.5. The second kappa shape index (κ2) is 10.1. The fourth-order valence-corrected chi connectivity index (χ4v) is 3.58. The Kier molecular flexibility index (Phi) is 7.14. The summed E-state index contributed by atoms with van der Waals surface area (Å²) in [5.41, 5.74) is 1.62. The van der Waals surface area contributed by atoms with Crippen molar-refractivity contribution in [2.24, 2.45) is 0 Å². The van der Waals surface area contributed by atoms with Gasteiger partial charge >= 0.3 is 5.97 Å². The highest BCUT2D eigenvalue weighted by Crippen LogP contribution is 2.28. The van der Waals surface area contributed by atoms with Gasteiger partial charge in [-0.15, -0.1) is 5.10 Å². The van der Waals surface area contributed by atoms with Crippen molar-refractivity contribution in [2.75, 3.05) is 6.61 Å². The van der Waals surface area contributed by atoms with Crippen molar-refractivity contribution in [2.45, 2.75) is 0 Å². The predicted molar refractivity (Wildman–Crippen MR) is 131 cm³/mol. The minimum Gasteiger partial charge on any atom is -0.451 e. The third-order valence-electron chi connectivity index (χ3n) is 4.54. The molecule has 0 N–H and O–H groups in total. The second-order valence-corrected chi connectivity index (χ2v) is 8.95. The molecule has 0 aliphatic rings. The first-order valence-corrected chi connectivity index (χ1v) is 11.4. The molecule has 10 heteroatoms. The van der Waals surface area contributed by atoms with E-state index in [-0.39, 0.29) is 11.6 Å². The zero-order valence-corrected chi connectivity index (χ0v) is 20.5. The average molecular weight is 566 g/mol. The summed E-state index contributed by atoms with van der Waals surface area (Å²) in [5, 5.41) is 5.51. The molecule has 0 amide bonds. The Morgan fingerprint density at radius 1 is 0.909 bits per heavy atom. The number of ketones is 1. The molecule has 0 unspecified atom stereocenters. The van der Waals surface area contributed by atoms with Crippen molar-refractivity contribution in [1.29, 1.82) is 0 Å². The van der Waals surface area contributed by atoms with Crippen LogP contribution >= 0.6 is 50.7 Å². The highest BCUT2D eigenvalue weighted by atomic mass is 79.9. The number of Topliss-reactive ketones (excluding diaryl/α,β-unsaturated/α-hetero) is 1. The van der Waals surface area contributed by atoms with E-state index in [1.54, 1.807) is 42.5 Å². The van der Waals surface area contributed by atoms with Gasteiger partial charge in [0.25, 0.3) is 5.82 Å². The van der Waals surface area contributed by atoms with Crippen LogP contribution in [-0.2, 0) is 4.74 Å². The lowest BCUT2D eigenvalue weighted by Gasteiger charge is -2.07. The molecule has 33 heavy (non-hydrogen) atoms. The molecule has 0 aliphatic carbocycles. The Morgan fingerprint density at radius 3 is 2.27 bits per heavy atom. The average Bonchev–Trinajstić information content (AvgIpc) is 3.25. The quantitative estimate of drug-likeness (QED) is 0.192. The molecule has 3 aromatic carbocycles. The molecule has 0 saturated carbocycles. The number of rotatable bonds is 6. The summed E-state index contributed by atoms with van der Waals surface area (Å²) in [6.07, 6.45) is 0. The summed E-state index contributed by atoms with van der Waals surface area (Å²) in [5.74, 6) is -1.04. The molecule has 0 spiro atoms. The van der Waals surface area contributed by atoms with Crippen LogP contribution in [0.1, 0.15) is 21.0 Å². The summed E-state index contributed by atoms with van der Waals surface area (Å²) in [7, 11) is 0. The van der Waals surface area contributed by atoms with Crippen LogP contribution in [0, 0.1) is 0 Å². The van der Waals surface area contributed by atoms with Gasteiger partial charge in [0, 0.05) is 20.6 Å². The van der Waals surface area contributed by atoms with Crippen molar-refractivity contribution in [1.82, 2.24) is 14.8 Å². The van der Waals surface area contributed by atoms with E-state index in [9.17, 15) is 9.59 Å². The van der Waals surface area contributed by atoms with E-state index in [4.69, 9.17) is 39.5 Å². The monoisotopic (exact) mass is 563 g/mol. The van der Waals surface area contributed by atoms with Crippen LogP contribution in [-0.4, -0.2) is 33.1 Å². The van der Waals surface area contributed by atoms with E-state index in [0.29, 0.717) is 37.7 Å². The van der Waals surface area contributed by atoms with Gasteiger partial charge in [0.1, 0.15) is 0 Å². The number of carbonyl (C=O) groups is 2. The molecule has 1 heterocycles. The molecule has 4 rings (SSSR count). The van der Waals surface area contributed by atoms with Gasteiger partial charge in [-0.2, -0.15) is 0 Å². The van der Waals surface area contributed by atoms with Gasteiger partial charge in [-0.3, -0.25) is 4.79 Å². The van der Waals surface area contributed by atoms with Crippen LogP contribution in [0.2, 0.25) is 15.1 Å². The minimum absolute atomic E-state index is 0.206. The van der Waals surface area contributed by atoms with E-state index in [1.807, 2.05) is 24.3 Å². The highest BCUT2D eigenvalue weighted by Gasteiger charge is 2.21. The molecule has 0 radical (unpaired) electrons. The fraction of sp³-hybridized carbons (Fsp3) is 0.0435. The Bertz CT molecular complexity index is 1340. The van der Waals surface area contributed by atoms with Gasteiger partial charge in [-0.1, -0.05) is 62.9 Å². The minimum atomic E-state index is -0.838. The summed E-state index contributed by atoms with van der Waals surface area (Å²) in [6.45, 7) is -0.463. The van der Waals surface area contributed by atoms with E-state index in [0.717, 1.165) is 4.47 Å². The molecule has 6 nitrogen and oxygen atoms in total. The van der Waals surface area contributed by atoms with Crippen molar-refractivity contribution >= 4 is 62.5 Å². The zero-order valence-electron chi connectivity index (χ0n) is 16.6. The Morgan fingerprint density at radius 2 is 1.61 bits per heavy atom. The second-order valence-electron chi connectivity index (χ2n) is 6.78. The maximum atomic E-state index is 12.6. The molecule has 0 saturated heterocycles. The first-order chi connectivity index (χ1) is 15.8. The van der Waals surface area contributed by atoms with Crippen molar-refractivity contribution in [3.05, 3.63) is 97.7 Å². The number of aromatic nitrogens is 3. The number of esters is 1. The Labute approximate surface area is 212 Å². The van der Waals surface area contributed by atoms with E-state index in [2.05, 4.69) is 26.0 Å². The SMILES string of the molecule is O=C(COC(=O)c1nc(-c2ccc(Br)cc2)n(-c2ccc(Cl)c(Cl)c2)n1)c1ccc(Cl)cc1. The van der Waals surface area contributed by atoms with Crippen LogP contribution in [0.25, 0.3) is 17.1 Å². The van der Waals surface area contributed by atoms with Gasteiger partial charge in [0.2, 0.25) is 0 Å². The Balaban J connectivity index is 1.63. The third kappa shape index (κ3) is 5.45. The largest absolute Gasteiger partial charge is 0.451 e. The molecule has 166 valence electrons. The lowest BCUT2D eigenvalue weighted by atomic mass is 10.1. The fourth-order valence-electron chi connectivity index (χ4n) is 2.90. The number of halogens is 4. The maximum absolute atomic E-state index is 12.6. The van der Waals surface area contributed by atoms with Gasteiger partial charge < -0.3 is 4.74 Å². The summed E-state index contributed by atoms with van der Waals surface area (Å²) < 4.78 is 7.51. The molecule has 0 fully saturated rings. The molecule has 0 bridgehead atoms. The first-order valence-electron chi connectivity index (χ1n) is 9.46. The highest BCUT2D eigenvalue weighted by molar-refractivity contribution is 9.10. The number of benzene rings is 3. The number of ether oxygens (including phenoxy) is 1. The van der Waals surface area contributed by atoms with Crippen LogP contribution in [0.15, 0.2) is 71.2 Å². The number of hydrogen-bond acceptors (Lipinski definition) is 5. The number of nitrogens with zero attached hydrogens (tertiary/aromatic N) is 3. The standard InChI is InChI=1S/C23H13BrCl3N3O3/c24-15-5-1-14(2-6-15)22-28-21(29-30(22)17-9-10-18(26)19(27)11-17)23(32)33-12-20(31)13-3-7-16(25)8-4-13/h1-11H,12H2. The lowest BCUT2D eigenvalue weighted by Crippen LogP contribution is -2.15. The Hall–Kier alpha value is -2.71. The van der Waals surface area contributed by atoms with Crippen LogP contribution in [0.5, 0.6) is 0 Å². The molecule has 1 aromatic heterocycles. The summed E-state index contributed by atoms with van der Waals surface area (Å²) in [4.78, 5) is 29.3. The summed E-state index contributed by atoms with van der Waals surface area (Å²) >= 11 is 21.4. The smallest absolute Gasteiger partial charge is 0.378 e. The van der Waals surface area contributed by atoms with Crippen LogP contribution < -0.4 is 0 Å². The lowest BCUT2D eigenvalue weighted by molar-refractivity contribution is 0.0462. The van der Waals surface area contributed by atoms with Crippen molar-refractivity contribution in [3.63, 3.8) is 0 Å². The van der Waals surface area contributed by atoms with Gasteiger partial charge in [-0.05, 0) is 54.6 Å². The van der Waals surface area contributed by atoms with E-state index >= 15 is 0 Å². The van der Waals surface area contributed by atoms with Gasteiger partial charge in [0.15, 0.2) is 18.2 Å². The van der Waals surface area contributed by atoms with Crippen LogP contribution in [0.4, 0.5) is 0 Å². The maximum Gasteiger partial charge on any atom is 0.378 e. The topological polar surface area (TPSA) is 74.1 Å². The molecular weight excluding hydrogens is 553 g/mol. The van der Waals surface area contributed by atoms with Crippen molar-refractivity contribution < 1.29 is 14.3 Å². The number of hydrogen-bond donors (Lipinski definition) is 0. The number of carbonyl (C=O) groups excluding carboxylic acids is 2. The molecule has 0 atom stereocenters. The molecular formula is C23H13BrCl3N3O3. The van der Waals surface area contributed by atoms with Crippen molar-refractivity contribution in [3.8, 4) is 17.1 Å². The third-order valence-corrected chi connectivity index (χ3v) is 6.06. The normalized spacial score (nSPS) is 10.8. The van der Waals surface area contributed by atoms with Crippen LogP contribution in [0.3, 0.4) is 0 Å². The molecule has 0 aliphatic heterocycles. The van der Waals surface area contributed by atoms with Gasteiger partial charge in [-0.25, -0.2) is 14.5 Å². The predicted octanol–water partition coefficient (Wildman–Crippen LogP) is 6.70. The summed E-state index contributed by atoms with van der Waals surface area (Å²) in [6, 6.07) is 18.5. The van der Waals surface area contributed by atoms with E-state index < -0.39 is 12.6 Å². The first kappa shape index (κ1) is 23.4. The van der Waals surface area contributed by atoms with Gasteiger partial charge in [0.05, 0.1) is 15.7 Å². The molecule has 4 aromatic rings. The van der Waals surface area contributed by atoms with E-state index in [1.165, 1.54) is 4.68 Å².